The number of likely N-dealkylation sites (N-methyl/N-ethyl adjacent to an activating group) is 1. The zero-order valence-electron chi connectivity index (χ0n) is 45.5. The second kappa shape index (κ2) is 52.0. The Morgan fingerprint density at radius 3 is 1.20 bits per heavy atom. The van der Waals surface area contributed by atoms with Gasteiger partial charge in [0.05, 0.1) is 40.3 Å². The fourth-order valence-electron chi connectivity index (χ4n) is 6.97. The highest BCUT2D eigenvalue weighted by Crippen LogP contribution is 2.14. The van der Waals surface area contributed by atoms with Crippen molar-refractivity contribution in [1.82, 2.24) is 0 Å². The Morgan fingerprint density at radius 1 is 0.437 bits per heavy atom. The van der Waals surface area contributed by atoms with Gasteiger partial charge in [0.25, 0.3) is 0 Å². The molecule has 0 aliphatic heterocycles. The van der Waals surface area contributed by atoms with Gasteiger partial charge < -0.3 is 33.3 Å². The smallest absolute Gasteiger partial charge is 0.306 e. The number of carboxylic acids is 1. The molecule has 2 unspecified atom stereocenters. The van der Waals surface area contributed by atoms with E-state index >= 15 is 0 Å². The molecule has 0 rings (SSSR count). The molecule has 71 heavy (non-hydrogen) atoms. The molecule has 9 heteroatoms. The molecular formula is C62H101NO8. The Kier molecular flexibility index (Phi) is 48.9. The number of esters is 2. The number of carboxylic acid groups (broad SMARTS) is 1. The molecule has 0 bridgehead atoms. The number of carbonyl (C=O) groups is 3. The molecular weight excluding hydrogens is 887 g/mol. The number of aliphatic carboxylic acids is 1. The summed E-state index contributed by atoms with van der Waals surface area (Å²) in [4.78, 5) is 37.1. The van der Waals surface area contributed by atoms with Crippen molar-refractivity contribution < 1.29 is 42.9 Å². The molecule has 0 fully saturated rings. The van der Waals surface area contributed by atoms with E-state index in [1.807, 2.05) is 21.1 Å². The lowest BCUT2D eigenvalue weighted by molar-refractivity contribution is -0.870. The summed E-state index contributed by atoms with van der Waals surface area (Å²) >= 11 is 0. The predicted octanol–water partition coefficient (Wildman–Crippen LogP) is 14.8. The monoisotopic (exact) mass is 988 g/mol. The van der Waals surface area contributed by atoms with Gasteiger partial charge in [0.15, 0.2) is 12.4 Å². The average molecular weight is 988 g/mol. The van der Waals surface area contributed by atoms with Crippen LogP contribution in [0.3, 0.4) is 0 Å². The number of allylic oxidation sites excluding steroid dienone is 20. The lowest BCUT2D eigenvalue weighted by Gasteiger charge is -2.26. The normalized spacial score (nSPS) is 13.8. The first-order valence-electron chi connectivity index (χ1n) is 27.7. The number of hydrogen-bond donors (Lipinski definition) is 0. The van der Waals surface area contributed by atoms with Crippen LogP contribution in [-0.2, 0) is 33.3 Å². The van der Waals surface area contributed by atoms with Gasteiger partial charge in [-0.2, -0.15) is 0 Å². The SMILES string of the molecule is CC/C=C\C/C=C\C/C=C\C/C=C\C/C=C\C/C=C\C/C=C\C/C=C\C/C=C\C/C=C\CCCCC(=O)OC(COC(=O)CCCCCCCCCCCCCCC)COC(OCC[N+](C)(C)C)C(=O)[O-]. The number of nitrogens with zero attached hydrogens (tertiary/aromatic N) is 1. The first-order chi connectivity index (χ1) is 34.6. The first-order valence-corrected chi connectivity index (χ1v) is 27.7. The van der Waals surface area contributed by atoms with Crippen molar-refractivity contribution in [3.63, 3.8) is 0 Å². The maximum atomic E-state index is 12.8. The summed E-state index contributed by atoms with van der Waals surface area (Å²) in [6, 6.07) is 0. The van der Waals surface area contributed by atoms with Crippen LogP contribution in [0.5, 0.6) is 0 Å². The highest BCUT2D eigenvalue weighted by atomic mass is 16.7. The average Bonchev–Trinajstić information content (AvgIpc) is 3.34. The first kappa shape index (κ1) is 66.7. The second-order valence-corrected chi connectivity index (χ2v) is 19.1. The Bertz CT molecular complexity index is 1570. The number of quaternary nitrogens is 1. The van der Waals surface area contributed by atoms with Gasteiger partial charge in [-0.3, -0.25) is 9.59 Å². The lowest BCUT2D eigenvalue weighted by Crippen LogP contribution is -2.44. The van der Waals surface area contributed by atoms with Crippen molar-refractivity contribution in [2.45, 2.75) is 206 Å². The number of rotatable bonds is 49. The van der Waals surface area contributed by atoms with Crippen molar-refractivity contribution in [3.8, 4) is 0 Å². The third-order valence-electron chi connectivity index (χ3n) is 11.2. The van der Waals surface area contributed by atoms with Crippen molar-refractivity contribution in [2.75, 3.05) is 47.5 Å². The minimum absolute atomic E-state index is 0.133. The van der Waals surface area contributed by atoms with Crippen molar-refractivity contribution in [3.05, 3.63) is 122 Å². The summed E-state index contributed by atoms with van der Waals surface area (Å²) in [6.45, 7) is 4.56. The molecule has 0 saturated heterocycles. The molecule has 402 valence electrons. The fourth-order valence-corrected chi connectivity index (χ4v) is 6.97. The summed E-state index contributed by atoms with van der Waals surface area (Å²) in [6.07, 6.45) is 69.6. The molecule has 0 amide bonds. The Labute approximate surface area is 434 Å². The van der Waals surface area contributed by atoms with E-state index in [9.17, 15) is 19.5 Å². The van der Waals surface area contributed by atoms with Crippen molar-refractivity contribution in [1.29, 1.82) is 0 Å². The largest absolute Gasteiger partial charge is 0.545 e. The third-order valence-corrected chi connectivity index (χ3v) is 11.2. The molecule has 0 aliphatic carbocycles. The van der Waals surface area contributed by atoms with Crippen LogP contribution in [0.25, 0.3) is 0 Å². The van der Waals surface area contributed by atoms with Gasteiger partial charge in [-0.1, -0.05) is 212 Å². The Balaban J connectivity index is 4.36. The topological polar surface area (TPSA) is 111 Å². The van der Waals surface area contributed by atoms with Crippen LogP contribution in [0.1, 0.15) is 194 Å². The quantitative estimate of drug-likeness (QED) is 0.0195. The molecule has 0 aromatic carbocycles. The molecule has 0 aromatic heterocycles. The maximum Gasteiger partial charge on any atom is 0.306 e. The van der Waals surface area contributed by atoms with Gasteiger partial charge in [0, 0.05) is 12.8 Å². The molecule has 0 aliphatic rings. The highest BCUT2D eigenvalue weighted by molar-refractivity contribution is 5.70. The van der Waals surface area contributed by atoms with Crippen LogP contribution in [0.2, 0.25) is 0 Å². The lowest BCUT2D eigenvalue weighted by atomic mass is 10.0. The van der Waals surface area contributed by atoms with Crippen LogP contribution in [0.15, 0.2) is 122 Å². The predicted molar refractivity (Wildman–Crippen MR) is 296 cm³/mol. The fraction of sp³-hybridized carbons (Fsp3) is 0.629. The summed E-state index contributed by atoms with van der Waals surface area (Å²) in [7, 11) is 5.89. The summed E-state index contributed by atoms with van der Waals surface area (Å²) < 4.78 is 22.6. The zero-order chi connectivity index (χ0) is 52.0. The zero-order valence-corrected chi connectivity index (χ0v) is 45.5. The number of unbranched alkanes of at least 4 members (excludes halogenated alkanes) is 14. The Hall–Kier alpha value is -4.31. The number of carbonyl (C=O) groups excluding carboxylic acids is 3. The van der Waals surface area contributed by atoms with Gasteiger partial charge in [0.2, 0.25) is 0 Å². The third kappa shape index (κ3) is 53.3. The van der Waals surface area contributed by atoms with Gasteiger partial charge in [-0.15, -0.1) is 0 Å². The molecule has 0 N–H and O–H groups in total. The maximum absolute atomic E-state index is 12.8. The van der Waals surface area contributed by atoms with Crippen LogP contribution >= 0.6 is 0 Å². The van der Waals surface area contributed by atoms with E-state index in [4.69, 9.17) is 18.9 Å². The van der Waals surface area contributed by atoms with Crippen LogP contribution in [-0.4, -0.2) is 82.3 Å². The number of hydrogen-bond acceptors (Lipinski definition) is 8. The summed E-state index contributed by atoms with van der Waals surface area (Å²) in [5.41, 5.74) is 0. The molecule has 0 spiro atoms. The molecule has 2 atom stereocenters. The van der Waals surface area contributed by atoms with E-state index in [-0.39, 0.29) is 38.6 Å². The van der Waals surface area contributed by atoms with Gasteiger partial charge in [-0.25, -0.2) is 0 Å². The van der Waals surface area contributed by atoms with Crippen molar-refractivity contribution >= 4 is 17.9 Å². The van der Waals surface area contributed by atoms with Crippen LogP contribution < -0.4 is 5.11 Å². The standard InChI is InChI=1S/C62H101NO8/c1-6-8-10-12-14-16-18-20-21-22-23-24-25-26-27-28-29-30-31-32-33-34-35-36-37-38-39-41-43-45-47-49-51-53-60(65)71-58(57-70-62(61(66)67)68-55-54-63(3,4)5)56-69-59(64)52-50-48-46-44-42-40-19-17-15-13-11-9-7-2/h8,10,14,16,20-21,23-24,26-27,29-30,32-33,35-36,38-39,43,45,58,62H,6-7,9,11-13,15,17-19,22,25,28,31,34,37,40-42,44,46-57H2,1-5H3/b10-8-,16-14-,21-20-,24-23-,27-26-,30-29-,33-32-,36-35-,39-38-,45-43-. The van der Waals surface area contributed by atoms with Gasteiger partial charge in [0.1, 0.15) is 13.2 Å². The molecule has 0 heterocycles. The van der Waals surface area contributed by atoms with E-state index < -0.39 is 24.3 Å². The Morgan fingerprint density at radius 2 is 0.803 bits per heavy atom. The van der Waals surface area contributed by atoms with Gasteiger partial charge >= 0.3 is 11.9 Å². The summed E-state index contributed by atoms with van der Waals surface area (Å²) in [5, 5.41) is 11.7. The molecule has 9 nitrogen and oxygen atoms in total. The van der Waals surface area contributed by atoms with E-state index in [0.29, 0.717) is 17.4 Å². The van der Waals surface area contributed by atoms with Crippen molar-refractivity contribution in [2.24, 2.45) is 0 Å². The summed E-state index contributed by atoms with van der Waals surface area (Å²) in [5.74, 6) is -2.36. The van der Waals surface area contributed by atoms with E-state index in [1.54, 1.807) is 0 Å². The van der Waals surface area contributed by atoms with E-state index in [1.165, 1.54) is 64.2 Å². The highest BCUT2D eigenvalue weighted by Gasteiger charge is 2.21. The van der Waals surface area contributed by atoms with Gasteiger partial charge in [-0.05, 0) is 89.9 Å². The number of ether oxygens (including phenoxy) is 4. The van der Waals surface area contributed by atoms with E-state index in [0.717, 1.165) is 96.3 Å². The minimum Gasteiger partial charge on any atom is -0.545 e. The van der Waals surface area contributed by atoms with Crippen LogP contribution in [0, 0.1) is 0 Å². The minimum atomic E-state index is -1.64. The van der Waals surface area contributed by atoms with Crippen LogP contribution in [0.4, 0.5) is 0 Å². The molecule has 0 saturated carbocycles. The molecule has 0 radical (unpaired) electrons. The van der Waals surface area contributed by atoms with E-state index in [2.05, 4.69) is 135 Å². The molecule has 0 aromatic rings. The second-order valence-electron chi connectivity index (χ2n) is 19.1.